The Morgan fingerprint density at radius 2 is 2.14 bits per heavy atom. The molecule has 0 amide bonds. The van der Waals surface area contributed by atoms with Crippen molar-refractivity contribution >= 4 is 15.9 Å². The van der Waals surface area contributed by atoms with Gasteiger partial charge in [-0.3, -0.25) is 0 Å². The Morgan fingerprint density at radius 1 is 1.33 bits per heavy atom. The zero-order valence-electron chi connectivity index (χ0n) is 12.9. The number of hydrogen-bond donors (Lipinski definition) is 1. The van der Waals surface area contributed by atoms with E-state index in [0.717, 1.165) is 29.7 Å². The monoisotopic (exact) mass is 350 g/mol. The quantitative estimate of drug-likeness (QED) is 0.794. The van der Waals surface area contributed by atoms with E-state index in [2.05, 4.69) is 70.1 Å². The molecule has 1 heterocycles. The number of ether oxygens (including phenoxy) is 1. The molecule has 1 aromatic carbocycles. The van der Waals surface area contributed by atoms with Crippen LogP contribution in [0.25, 0.3) is 0 Å². The average Bonchev–Trinajstić information content (AvgIpc) is 2.92. The molecule has 1 aromatic heterocycles. The molecule has 1 unspecified atom stereocenters. The van der Waals surface area contributed by atoms with Crippen molar-refractivity contribution in [2.75, 3.05) is 7.11 Å². The van der Waals surface area contributed by atoms with Gasteiger partial charge < -0.3 is 14.6 Å². The zero-order chi connectivity index (χ0) is 15.2. The SMILES string of the molecule is CCCn1cccc1CNC(C)c1ccc(OC)c(Br)c1. The predicted octanol–water partition coefficient (Wildman–Crippen LogP) is 4.52. The topological polar surface area (TPSA) is 26.2 Å². The maximum Gasteiger partial charge on any atom is 0.133 e. The van der Waals surface area contributed by atoms with E-state index in [1.165, 1.54) is 11.3 Å². The number of hydrogen-bond acceptors (Lipinski definition) is 2. The normalized spacial score (nSPS) is 12.4. The van der Waals surface area contributed by atoms with Gasteiger partial charge in [0, 0.05) is 31.0 Å². The molecule has 1 N–H and O–H groups in total. The fourth-order valence-electron chi connectivity index (χ4n) is 2.40. The summed E-state index contributed by atoms with van der Waals surface area (Å²) in [4.78, 5) is 0. The first kappa shape index (κ1) is 16.1. The highest BCUT2D eigenvalue weighted by Crippen LogP contribution is 2.28. The van der Waals surface area contributed by atoms with E-state index in [-0.39, 0.29) is 6.04 Å². The molecule has 1 atom stereocenters. The van der Waals surface area contributed by atoms with Gasteiger partial charge in [-0.1, -0.05) is 13.0 Å². The van der Waals surface area contributed by atoms with Crippen LogP contribution in [0.1, 0.15) is 37.6 Å². The fraction of sp³-hybridized carbons (Fsp3) is 0.412. The maximum atomic E-state index is 5.27. The number of rotatable bonds is 7. The van der Waals surface area contributed by atoms with Gasteiger partial charge in [0.2, 0.25) is 0 Å². The Balaban J connectivity index is 1.99. The second kappa shape index (κ2) is 7.66. The summed E-state index contributed by atoms with van der Waals surface area (Å²) >= 11 is 3.54. The summed E-state index contributed by atoms with van der Waals surface area (Å²) in [6.45, 7) is 6.33. The van der Waals surface area contributed by atoms with E-state index >= 15 is 0 Å². The lowest BCUT2D eigenvalue weighted by Crippen LogP contribution is -2.20. The third-order valence-electron chi connectivity index (χ3n) is 3.65. The second-order valence-electron chi connectivity index (χ2n) is 5.19. The Kier molecular flexibility index (Phi) is 5.88. The van der Waals surface area contributed by atoms with Crippen molar-refractivity contribution < 1.29 is 4.74 Å². The van der Waals surface area contributed by atoms with Crippen molar-refractivity contribution in [2.24, 2.45) is 0 Å². The van der Waals surface area contributed by atoms with Crippen LogP contribution in [0.4, 0.5) is 0 Å². The molecule has 0 bridgehead atoms. The first-order valence-electron chi connectivity index (χ1n) is 7.36. The van der Waals surface area contributed by atoms with Gasteiger partial charge in [-0.2, -0.15) is 0 Å². The minimum absolute atomic E-state index is 0.289. The molecule has 0 aliphatic heterocycles. The number of nitrogens with one attached hydrogen (secondary N) is 1. The van der Waals surface area contributed by atoms with E-state index < -0.39 is 0 Å². The molecule has 0 saturated carbocycles. The molecule has 0 saturated heterocycles. The van der Waals surface area contributed by atoms with E-state index in [1.54, 1.807) is 7.11 Å². The average molecular weight is 351 g/mol. The second-order valence-corrected chi connectivity index (χ2v) is 6.04. The molecule has 0 radical (unpaired) electrons. The van der Waals surface area contributed by atoms with E-state index in [9.17, 15) is 0 Å². The van der Waals surface area contributed by atoms with Crippen LogP contribution in [0.5, 0.6) is 5.75 Å². The van der Waals surface area contributed by atoms with E-state index in [1.807, 2.05) is 6.07 Å². The van der Waals surface area contributed by atoms with Gasteiger partial charge >= 0.3 is 0 Å². The van der Waals surface area contributed by atoms with E-state index in [4.69, 9.17) is 4.74 Å². The van der Waals surface area contributed by atoms with Gasteiger partial charge in [0.25, 0.3) is 0 Å². The summed E-state index contributed by atoms with van der Waals surface area (Å²) in [6.07, 6.45) is 3.30. The van der Waals surface area contributed by atoms with Crippen molar-refractivity contribution in [3.05, 3.63) is 52.3 Å². The van der Waals surface area contributed by atoms with Crippen LogP contribution in [0.3, 0.4) is 0 Å². The third-order valence-corrected chi connectivity index (χ3v) is 4.27. The summed E-state index contributed by atoms with van der Waals surface area (Å²) < 4.78 is 8.57. The van der Waals surface area contributed by atoms with Gasteiger partial charge in [-0.15, -0.1) is 0 Å². The molecular formula is C17H23BrN2O. The lowest BCUT2D eigenvalue weighted by molar-refractivity contribution is 0.411. The molecule has 0 aliphatic carbocycles. The number of methoxy groups -OCH3 is 1. The van der Waals surface area contributed by atoms with Crippen LogP contribution in [0.15, 0.2) is 41.0 Å². The summed E-state index contributed by atoms with van der Waals surface area (Å²) in [5.41, 5.74) is 2.58. The predicted molar refractivity (Wildman–Crippen MR) is 90.7 cm³/mol. The summed E-state index contributed by atoms with van der Waals surface area (Å²) in [5, 5.41) is 3.58. The van der Waals surface area contributed by atoms with Crippen LogP contribution < -0.4 is 10.1 Å². The van der Waals surface area contributed by atoms with Gasteiger partial charge in [0.05, 0.1) is 11.6 Å². The van der Waals surface area contributed by atoms with E-state index in [0.29, 0.717) is 0 Å². The standard InChI is InChI=1S/C17H23BrN2O/c1-4-9-20-10-5-6-15(20)12-19-13(2)14-7-8-17(21-3)16(18)11-14/h5-8,10-11,13,19H,4,9,12H2,1-3H3. The number of aromatic nitrogens is 1. The minimum atomic E-state index is 0.289. The highest BCUT2D eigenvalue weighted by molar-refractivity contribution is 9.10. The largest absolute Gasteiger partial charge is 0.496 e. The van der Waals surface area contributed by atoms with Crippen molar-refractivity contribution in [1.82, 2.24) is 9.88 Å². The molecule has 3 nitrogen and oxygen atoms in total. The number of halogens is 1. The Hall–Kier alpha value is -1.26. The molecule has 2 rings (SSSR count). The molecule has 0 fully saturated rings. The highest BCUT2D eigenvalue weighted by atomic mass is 79.9. The molecule has 114 valence electrons. The Morgan fingerprint density at radius 3 is 2.81 bits per heavy atom. The summed E-state index contributed by atoms with van der Waals surface area (Å²) in [7, 11) is 1.68. The van der Waals surface area contributed by atoms with Crippen molar-refractivity contribution in [1.29, 1.82) is 0 Å². The van der Waals surface area contributed by atoms with Gasteiger partial charge in [-0.05, 0) is 59.1 Å². The van der Waals surface area contributed by atoms with Gasteiger partial charge in [0.1, 0.15) is 5.75 Å². The number of nitrogens with zero attached hydrogens (tertiary/aromatic N) is 1. The first-order chi connectivity index (χ1) is 10.2. The smallest absolute Gasteiger partial charge is 0.133 e. The maximum absolute atomic E-state index is 5.27. The van der Waals surface area contributed by atoms with Crippen molar-refractivity contribution in [3.63, 3.8) is 0 Å². The molecule has 0 aliphatic rings. The molecule has 21 heavy (non-hydrogen) atoms. The highest BCUT2D eigenvalue weighted by Gasteiger charge is 2.09. The van der Waals surface area contributed by atoms with Crippen LogP contribution >= 0.6 is 15.9 Å². The Labute approximate surface area is 135 Å². The minimum Gasteiger partial charge on any atom is -0.496 e. The lowest BCUT2D eigenvalue weighted by Gasteiger charge is -2.16. The number of benzene rings is 1. The first-order valence-corrected chi connectivity index (χ1v) is 8.15. The van der Waals surface area contributed by atoms with Crippen molar-refractivity contribution in [2.45, 2.75) is 39.4 Å². The zero-order valence-corrected chi connectivity index (χ0v) is 14.5. The van der Waals surface area contributed by atoms with Crippen LogP contribution in [0, 0.1) is 0 Å². The van der Waals surface area contributed by atoms with Gasteiger partial charge in [-0.25, -0.2) is 0 Å². The lowest BCUT2D eigenvalue weighted by atomic mass is 10.1. The Bertz CT molecular complexity index is 580. The summed E-state index contributed by atoms with van der Waals surface area (Å²) in [5.74, 6) is 0.864. The fourth-order valence-corrected chi connectivity index (χ4v) is 2.95. The molecular weight excluding hydrogens is 328 g/mol. The van der Waals surface area contributed by atoms with Crippen LogP contribution in [-0.4, -0.2) is 11.7 Å². The summed E-state index contributed by atoms with van der Waals surface area (Å²) in [6, 6.07) is 10.8. The molecule has 0 spiro atoms. The van der Waals surface area contributed by atoms with Gasteiger partial charge in [0.15, 0.2) is 0 Å². The van der Waals surface area contributed by atoms with Crippen LogP contribution in [-0.2, 0) is 13.1 Å². The number of aryl methyl sites for hydroxylation is 1. The van der Waals surface area contributed by atoms with Crippen LogP contribution in [0.2, 0.25) is 0 Å². The van der Waals surface area contributed by atoms with Crippen molar-refractivity contribution in [3.8, 4) is 5.75 Å². The molecule has 4 heteroatoms. The molecule has 2 aromatic rings. The third kappa shape index (κ3) is 4.11.